The molecule has 1 saturated heterocycles. The predicted octanol–water partition coefficient (Wildman–Crippen LogP) is 4.38. The van der Waals surface area contributed by atoms with E-state index in [1.165, 1.54) is 22.3 Å². The van der Waals surface area contributed by atoms with Gasteiger partial charge in [0.25, 0.3) is 5.91 Å². The second-order valence-electron chi connectivity index (χ2n) is 9.60. The van der Waals surface area contributed by atoms with Gasteiger partial charge in [-0.1, -0.05) is 30.0 Å². The zero-order valence-corrected chi connectivity index (χ0v) is 23.9. The van der Waals surface area contributed by atoms with Gasteiger partial charge in [-0.2, -0.15) is 0 Å². The molecule has 0 unspecified atom stereocenters. The van der Waals surface area contributed by atoms with Gasteiger partial charge in [-0.05, 0) is 68.0 Å². The first-order chi connectivity index (χ1) is 18.2. The van der Waals surface area contributed by atoms with Crippen molar-refractivity contribution in [2.75, 3.05) is 6.54 Å². The normalized spacial score (nSPS) is 15.5. The smallest absolute Gasteiger partial charge is 0.306 e. The van der Waals surface area contributed by atoms with Crippen molar-refractivity contribution in [1.82, 2.24) is 10.2 Å². The van der Waals surface area contributed by atoms with E-state index in [4.69, 9.17) is 22.7 Å². The Labute approximate surface area is 237 Å². The number of primary amides is 1. The van der Waals surface area contributed by atoms with E-state index in [2.05, 4.69) is 5.32 Å². The highest BCUT2D eigenvalue weighted by atomic mass is 32.2. The summed E-state index contributed by atoms with van der Waals surface area (Å²) in [6, 6.07) is 4.30. The first-order valence-corrected chi connectivity index (χ1v) is 13.9. The molecule has 1 aliphatic heterocycles. The van der Waals surface area contributed by atoms with Crippen molar-refractivity contribution in [3.63, 3.8) is 0 Å². The van der Waals surface area contributed by atoms with E-state index in [0.29, 0.717) is 20.9 Å². The number of hydrogen-bond acceptors (Lipinski definition) is 8. The zero-order chi connectivity index (χ0) is 28.9. The Morgan fingerprint density at radius 1 is 1.15 bits per heavy atom. The number of benzene rings is 1. The van der Waals surface area contributed by atoms with Crippen LogP contribution in [0.1, 0.15) is 44.9 Å². The van der Waals surface area contributed by atoms with Gasteiger partial charge in [-0.25, -0.2) is 8.78 Å². The second-order valence-corrected chi connectivity index (χ2v) is 12.2. The molecular weight excluding hydrogens is 568 g/mol. The van der Waals surface area contributed by atoms with Crippen LogP contribution in [0.2, 0.25) is 0 Å². The van der Waals surface area contributed by atoms with Crippen molar-refractivity contribution in [2.24, 2.45) is 5.73 Å². The number of nitrogens with zero attached hydrogens (tertiary/aromatic N) is 1. The Morgan fingerprint density at radius 3 is 2.51 bits per heavy atom. The maximum atomic E-state index is 13.6. The molecule has 1 aliphatic rings. The lowest BCUT2D eigenvalue weighted by atomic mass is 10.1. The second kappa shape index (κ2) is 12.8. The van der Waals surface area contributed by atoms with Crippen LogP contribution in [-0.4, -0.2) is 51.1 Å². The first kappa shape index (κ1) is 30.4. The summed E-state index contributed by atoms with van der Waals surface area (Å²) in [5.41, 5.74) is 5.87. The molecule has 0 aliphatic carbocycles. The third kappa shape index (κ3) is 8.67. The highest BCUT2D eigenvalue weighted by Crippen LogP contribution is 2.35. The Morgan fingerprint density at radius 2 is 1.87 bits per heavy atom. The summed E-state index contributed by atoms with van der Waals surface area (Å²) in [5, 5.41) is 4.26. The number of halogens is 2. The molecule has 2 aromatic rings. The number of hydrogen-bond donors (Lipinski definition) is 2. The lowest BCUT2D eigenvalue weighted by molar-refractivity contribution is -0.155. The Kier molecular flexibility index (Phi) is 9.97. The van der Waals surface area contributed by atoms with E-state index < -0.39 is 41.1 Å². The van der Waals surface area contributed by atoms with Crippen LogP contribution in [0.4, 0.5) is 8.78 Å². The van der Waals surface area contributed by atoms with Gasteiger partial charge in [0.15, 0.2) is 11.6 Å². The molecule has 0 spiro atoms. The largest absolute Gasteiger partial charge is 0.460 e. The third-order valence-electron chi connectivity index (χ3n) is 5.32. The molecule has 2 heterocycles. The monoisotopic (exact) mass is 595 g/mol. The number of esters is 1. The SMILES string of the molecule is CC(C)(C)OC(=O)CC[C@H](NC(=O)CCN1C(=O)C(=Cc2cc(-c3ccc(F)c(F)c3)cs2)SC1=S)C(N)=O. The summed E-state index contributed by atoms with van der Waals surface area (Å²) in [4.78, 5) is 51.4. The Balaban J connectivity index is 1.56. The van der Waals surface area contributed by atoms with Gasteiger partial charge < -0.3 is 15.8 Å². The van der Waals surface area contributed by atoms with Crippen LogP contribution in [0.15, 0.2) is 34.6 Å². The summed E-state index contributed by atoms with van der Waals surface area (Å²) < 4.78 is 32.3. The molecule has 1 aromatic carbocycles. The standard InChI is InChI=1S/C26H27F2N3O5S3/c1-26(2,3)36-22(33)7-6-19(23(29)34)30-21(32)8-9-31-24(35)20(39-25(31)37)12-16-10-15(13-38-16)14-4-5-17(27)18(28)11-14/h4-5,10-13,19H,6-9H2,1-3H3,(H2,29,34)(H,30,32)/t19-/m0/s1. The average molecular weight is 596 g/mol. The van der Waals surface area contributed by atoms with E-state index in [-0.39, 0.29) is 36.0 Å². The average Bonchev–Trinajstić information content (AvgIpc) is 3.40. The van der Waals surface area contributed by atoms with Crippen molar-refractivity contribution in [2.45, 2.75) is 51.7 Å². The van der Waals surface area contributed by atoms with Crippen molar-refractivity contribution in [1.29, 1.82) is 0 Å². The number of thiocarbonyl (C=S) groups is 1. The molecule has 3 amide bonds. The van der Waals surface area contributed by atoms with Gasteiger partial charge >= 0.3 is 5.97 Å². The molecule has 3 N–H and O–H groups in total. The minimum atomic E-state index is -1.07. The summed E-state index contributed by atoms with van der Waals surface area (Å²) in [6.07, 6.45) is 1.38. The lowest BCUT2D eigenvalue weighted by Gasteiger charge is -2.21. The van der Waals surface area contributed by atoms with Crippen LogP contribution in [-0.2, 0) is 23.9 Å². The van der Waals surface area contributed by atoms with Gasteiger partial charge in [0.1, 0.15) is 16.0 Å². The minimum Gasteiger partial charge on any atom is -0.460 e. The van der Waals surface area contributed by atoms with Gasteiger partial charge in [0.2, 0.25) is 11.8 Å². The third-order valence-corrected chi connectivity index (χ3v) is 7.58. The van der Waals surface area contributed by atoms with E-state index >= 15 is 0 Å². The number of thioether (sulfide) groups is 1. The van der Waals surface area contributed by atoms with Crippen molar-refractivity contribution in [3.8, 4) is 11.1 Å². The molecule has 8 nitrogen and oxygen atoms in total. The highest BCUT2D eigenvalue weighted by molar-refractivity contribution is 8.26. The number of amides is 3. The Bertz CT molecular complexity index is 1340. The van der Waals surface area contributed by atoms with Crippen LogP contribution >= 0.6 is 35.3 Å². The molecule has 1 aromatic heterocycles. The number of carbonyl (C=O) groups is 4. The summed E-state index contributed by atoms with van der Waals surface area (Å²) in [7, 11) is 0. The fourth-order valence-corrected chi connectivity index (χ4v) is 5.72. The zero-order valence-electron chi connectivity index (χ0n) is 21.4. The molecule has 0 radical (unpaired) electrons. The van der Waals surface area contributed by atoms with E-state index in [0.717, 1.165) is 23.9 Å². The predicted molar refractivity (Wildman–Crippen MR) is 150 cm³/mol. The number of nitrogens with two attached hydrogens (primary N) is 1. The topological polar surface area (TPSA) is 119 Å². The molecule has 1 fully saturated rings. The molecule has 13 heteroatoms. The maximum Gasteiger partial charge on any atom is 0.306 e. The van der Waals surface area contributed by atoms with Crippen LogP contribution in [0.25, 0.3) is 17.2 Å². The minimum absolute atomic E-state index is 0.0179. The van der Waals surface area contributed by atoms with Crippen molar-refractivity contribution < 1.29 is 32.7 Å². The Hall–Kier alpha value is -3.16. The van der Waals surface area contributed by atoms with Crippen LogP contribution < -0.4 is 11.1 Å². The van der Waals surface area contributed by atoms with Crippen LogP contribution in [0, 0.1) is 11.6 Å². The van der Waals surface area contributed by atoms with E-state index in [1.54, 1.807) is 38.3 Å². The van der Waals surface area contributed by atoms with Crippen molar-refractivity contribution >= 4 is 69.4 Å². The number of ether oxygens (including phenoxy) is 1. The molecule has 39 heavy (non-hydrogen) atoms. The molecule has 3 rings (SSSR count). The summed E-state index contributed by atoms with van der Waals surface area (Å²) in [6.45, 7) is 5.13. The quantitative estimate of drug-likeness (QED) is 0.238. The molecule has 0 bridgehead atoms. The van der Waals surface area contributed by atoms with Gasteiger partial charge in [-0.15, -0.1) is 11.3 Å². The van der Waals surface area contributed by atoms with Gasteiger partial charge in [0.05, 0.1) is 4.91 Å². The van der Waals surface area contributed by atoms with Crippen LogP contribution in [0.3, 0.4) is 0 Å². The number of rotatable bonds is 10. The summed E-state index contributed by atoms with van der Waals surface area (Å²) in [5.74, 6) is -4.10. The van der Waals surface area contributed by atoms with Crippen LogP contribution in [0.5, 0.6) is 0 Å². The van der Waals surface area contributed by atoms with Gasteiger partial charge in [-0.3, -0.25) is 24.1 Å². The first-order valence-electron chi connectivity index (χ1n) is 11.8. The molecule has 1 atom stereocenters. The van der Waals surface area contributed by atoms with E-state index in [9.17, 15) is 28.0 Å². The molecule has 208 valence electrons. The number of nitrogens with one attached hydrogen (secondary N) is 1. The maximum absolute atomic E-state index is 13.6. The fourth-order valence-electron chi connectivity index (χ4n) is 3.50. The molecular formula is C26H27F2N3O5S3. The number of carbonyl (C=O) groups excluding carboxylic acids is 4. The summed E-state index contributed by atoms with van der Waals surface area (Å²) >= 11 is 7.71. The number of thiophene rings is 1. The van der Waals surface area contributed by atoms with Crippen molar-refractivity contribution in [3.05, 3.63) is 51.1 Å². The lowest BCUT2D eigenvalue weighted by Crippen LogP contribution is -2.45. The fraction of sp³-hybridized carbons (Fsp3) is 0.346. The van der Waals surface area contributed by atoms with E-state index in [1.807, 2.05) is 0 Å². The van der Waals surface area contributed by atoms with Gasteiger partial charge in [0, 0.05) is 24.3 Å². The highest BCUT2D eigenvalue weighted by Gasteiger charge is 2.32. The molecule has 0 saturated carbocycles.